The quantitative estimate of drug-likeness (QED) is 0.802. The maximum atomic E-state index is 12.9. The Balaban J connectivity index is 2.30. The fraction of sp³-hybridized carbons (Fsp3) is 0.750. The molecule has 0 bridgehead atoms. The van der Waals surface area contributed by atoms with Gasteiger partial charge in [0.1, 0.15) is 11.6 Å². The van der Waals surface area contributed by atoms with Crippen LogP contribution in [0.15, 0.2) is 12.2 Å². The second-order valence-corrected chi connectivity index (χ2v) is 6.14. The van der Waals surface area contributed by atoms with Gasteiger partial charge in [0.25, 0.3) is 0 Å². The molecule has 1 saturated carbocycles. The highest BCUT2D eigenvalue weighted by Crippen LogP contribution is 2.36. The largest absolute Gasteiger partial charge is 0.340 e. The van der Waals surface area contributed by atoms with Crippen LogP contribution in [0.5, 0.6) is 0 Å². The van der Waals surface area contributed by atoms with E-state index in [4.69, 9.17) is 0 Å². The molecule has 0 aromatic rings. The maximum Gasteiger partial charge on any atom is 0.249 e. The second kappa shape index (κ2) is 5.98. The van der Waals surface area contributed by atoms with Gasteiger partial charge in [-0.15, -0.1) is 0 Å². The van der Waals surface area contributed by atoms with Crippen molar-refractivity contribution in [1.29, 1.82) is 0 Å². The van der Waals surface area contributed by atoms with E-state index in [1.807, 2.05) is 26.0 Å². The first-order valence-electron chi connectivity index (χ1n) is 7.80. The van der Waals surface area contributed by atoms with Gasteiger partial charge in [-0.1, -0.05) is 45.3 Å². The average molecular weight is 278 g/mol. The number of allylic oxidation sites excluding steroid dienone is 1. The fourth-order valence-corrected chi connectivity index (χ4v) is 3.43. The van der Waals surface area contributed by atoms with E-state index in [9.17, 15) is 9.59 Å². The van der Waals surface area contributed by atoms with E-state index in [1.54, 1.807) is 4.90 Å². The molecule has 0 aromatic carbocycles. The van der Waals surface area contributed by atoms with Gasteiger partial charge < -0.3 is 10.2 Å². The minimum absolute atomic E-state index is 0.0327. The number of nitrogens with one attached hydrogen (secondary N) is 1. The first kappa shape index (κ1) is 15.1. The monoisotopic (exact) mass is 278 g/mol. The van der Waals surface area contributed by atoms with Crippen LogP contribution < -0.4 is 5.32 Å². The Hall–Kier alpha value is -1.32. The van der Waals surface area contributed by atoms with Crippen LogP contribution >= 0.6 is 0 Å². The highest BCUT2D eigenvalue weighted by atomic mass is 16.2. The third-order valence-electron chi connectivity index (χ3n) is 4.81. The highest BCUT2D eigenvalue weighted by molar-refractivity contribution is 6.00. The molecule has 0 radical (unpaired) electrons. The minimum Gasteiger partial charge on any atom is -0.340 e. The van der Waals surface area contributed by atoms with Crippen molar-refractivity contribution in [2.75, 3.05) is 6.54 Å². The van der Waals surface area contributed by atoms with Gasteiger partial charge in [-0.25, -0.2) is 0 Å². The molecule has 112 valence electrons. The van der Waals surface area contributed by atoms with E-state index >= 15 is 0 Å². The van der Waals surface area contributed by atoms with E-state index in [0.29, 0.717) is 6.54 Å². The van der Waals surface area contributed by atoms with Crippen molar-refractivity contribution in [3.63, 3.8) is 0 Å². The van der Waals surface area contributed by atoms with E-state index < -0.39 is 5.54 Å². The molecule has 2 rings (SSSR count). The predicted molar refractivity (Wildman–Crippen MR) is 79.1 cm³/mol. The van der Waals surface area contributed by atoms with Crippen LogP contribution in [-0.4, -0.2) is 34.8 Å². The summed E-state index contributed by atoms with van der Waals surface area (Å²) in [5, 5.41) is 3.06. The standard InChI is InChI=1S/C16H26N2O2/c1-4-6-11-18-13(12(3)5-2)14(19)17-16(15(18)20)9-7-8-10-16/h4,6,12-13H,5,7-11H2,1-3H3,(H,17,19)/b6-4+. The molecule has 1 aliphatic carbocycles. The summed E-state index contributed by atoms with van der Waals surface area (Å²) in [5.41, 5.74) is -0.609. The summed E-state index contributed by atoms with van der Waals surface area (Å²) in [6.07, 6.45) is 8.43. The molecule has 4 heteroatoms. The predicted octanol–water partition coefficient (Wildman–Crippen LogP) is 2.25. The average Bonchev–Trinajstić information content (AvgIpc) is 2.90. The molecule has 2 unspecified atom stereocenters. The van der Waals surface area contributed by atoms with E-state index in [-0.39, 0.29) is 23.8 Å². The normalized spacial score (nSPS) is 27.4. The molecule has 2 aliphatic rings. The highest BCUT2D eigenvalue weighted by Gasteiger charge is 2.52. The van der Waals surface area contributed by atoms with Crippen molar-refractivity contribution in [1.82, 2.24) is 10.2 Å². The lowest BCUT2D eigenvalue weighted by molar-refractivity contribution is -0.156. The van der Waals surface area contributed by atoms with Gasteiger partial charge in [-0.2, -0.15) is 0 Å². The molecule has 1 saturated heterocycles. The number of hydrogen-bond acceptors (Lipinski definition) is 2. The van der Waals surface area contributed by atoms with Gasteiger partial charge in [0, 0.05) is 6.54 Å². The fourth-order valence-electron chi connectivity index (χ4n) is 3.43. The molecule has 4 nitrogen and oxygen atoms in total. The van der Waals surface area contributed by atoms with Gasteiger partial charge in [-0.3, -0.25) is 9.59 Å². The second-order valence-electron chi connectivity index (χ2n) is 6.14. The van der Waals surface area contributed by atoms with Crippen LogP contribution in [0.25, 0.3) is 0 Å². The molecule has 0 aromatic heterocycles. The Kier molecular flexibility index (Phi) is 4.51. The van der Waals surface area contributed by atoms with Crippen molar-refractivity contribution in [3.05, 3.63) is 12.2 Å². The first-order valence-corrected chi connectivity index (χ1v) is 7.80. The number of carbonyl (C=O) groups is 2. The van der Waals surface area contributed by atoms with Crippen molar-refractivity contribution in [3.8, 4) is 0 Å². The van der Waals surface area contributed by atoms with E-state index in [1.165, 1.54) is 0 Å². The molecule has 1 spiro atoms. The molecular formula is C16H26N2O2. The van der Waals surface area contributed by atoms with Gasteiger partial charge in [0.05, 0.1) is 0 Å². The summed E-state index contributed by atoms with van der Waals surface area (Å²) >= 11 is 0. The number of rotatable bonds is 4. The lowest BCUT2D eigenvalue weighted by atomic mass is 9.86. The Bertz CT molecular complexity index is 411. The van der Waals surface area contributed by atoms with Crippen LogP contribution in [0.4, 0.5) is 0 Å². The number of nitrogens with zero attached hydrogens (tertiary/aromatic N) is 1. The minimum atomic E-state index is -0.609. The Morgan fingerprint density at radius 3 is 2.60 bits per heavy atom. The molecule has 20 heavy (non-hydrogen) atoms. The van der Waals surface area contributed by atoms with Crippen LogP contribution in [-0.2, 0) is 9.59 Å². The van der Waals surface area contributed by atoms with E-state index in [0.717, 1.165) is 32.1 Å². The van der Waals surface area contributed by atoms with Gasteiger partial charge >= 0.3 is 0 Å². The summed E-state index contributed by atoms with van der Waals surface area (Å²) in [4.78, 5) is 27.3. The zero-order chi connectivity index (χ0) is 14.8. The number of hydrogen-bond donors (Lipinski definition) is 1. The Labute approximate surface area is 121 Å². The summed E-state index contributed by atoms with van der Waals surface area (Å²) < 4.78 is 0. The third-order valence-corrected chi connectivity index (χ3v) is 4.81. The smallest absolute Gasteiger partial charge is 0.249 e. The Morgan fingerprint density at radius 1 is 1.40 bits per heavy atom. The molecule has 2 atom stereocenters. The third kappa shape index (κ3) is 2.48. The lowest BCUT2D eigenvalue weighted by Gasteiger charge is -2.46. The van der Waals surface area contributed by atoms with Crippen LogP contribution in [0.3, 0.4) is 0 Å². The van der Waals surface area contributed by atoms with Gasteiger partial charge in [0.2, 0.25) is 11.8 Å². The molecule has 2 fully saturated rings. The number of piperazine rings is 1. The molecule has 2 amide bonds. The number of amides is 2. The molecular weight excluding hydrogens is 252 g/mol. The van der Waals surface area contributed by atoms with Crippen LogP contribution in [0.1, 0.15) is 52.9 Å². The SMILES string of the molecule is C/C=C/CN1C(=O)C2(CCCC2)NC(=O)C1C(C)CC. The number of carbonyl (C=O) groups excluding carboxylic acids is 2. The van der Waals surface area contributed by atoms with Gasteiger partial charge in [-0.05, 0) is 25.7 Å². The van der Waals surface area contributed by atoms with Crippen molar-refractivity contribution < 1.29 is 9.59 Å². The zero-order valence-electron chi connectivity index (χ0n) is 12.8. The molecule has 1 heterocycles. The van der Waals surface area contributed by atoms with Crippen LogP contribution in [0, 0.1) is 5.92 Å². The summed E-state index contributed by atoms with van der Waals surface area (Å²) in [7, 11) is 0. The lowest BCUT2D eigenvalue weighted by Crippen LogP contribution is -2.70. The Morgan fingerprint density at radius 2 is 2.05 bits per heavy atom. The van der Waals surface area contributed by atoms with Crippen molar-refractivity contribution in [2.24, 2.45) is 5.92 Å². The zero-order valence-corrected chi connectivity index (χ0v) is 12.8. The summed E-state index contributed by atoms with van der Waals surface area (Å²) in [6.45, 7) is 6.60. The molecule has 1 aliphatic heterocycles. The maximum absolute atomic E-state index is 12.9. The summed E-state index contributed by atoms with van der Waals surface area (Å²) in [6, 6.07) is -0.324. The van der Waals surface area contributed by atoms with Gasteiger partial charge in [0.15, 0.2) is 0 Å². The molecule has 1 N–H and O–H groups in total. The van der Waals surface area contributed by atoms with Crippen LogP contribution in [0.2, 0.25) is 0 Å². The topological polar surface area (TPSA) is 49.4 Å². The summed E-state index contributed by atoms with van der Waals surface area (Å²) in [5.74, 6) is 0.339. The van der Waals surface area contributed by atoms with Crippen molar-refractivity contribution >= 4 is 11.8 Å². The first-order chi connectivity index (χ1) is 9.55. The van der Waals surface area contributed by atoms with Crippen molar-refractivity contribution in [2.45, 2.75) is 64.5 Å². The van der Waals surface area contributed by atoms with E-state index in [2.05, 4.69) is 12.2 Å².